The molecule has 0 bridgehead atoms. The van der Waals surface area contributed by atoms with E-state index in [1.54, 1.807) is 0 Å². The molecule has 0 spiro atoms. The van der Waals surface area contributed by atoms with E-state index in [9.17, 15) is 9.59 Å². The van der Waals surface area contributed by atoms with Crippen LogP contribution in [0.5, 0.6) is 0 Å². The fraction of sp³-hybridized carbons (Fsp3) is 0.333. The van der Waals surface area contributed by atoms with Gasteiger partial charge >= 0.3 is 0 Å². The highest BCUT2D eigenvalue weighted by atomic mass is 35.5. The lowest BCUT2D eigenvalue weighted by Gasteiger charge is -2.15. The lowest BCUT2D eigenvalue weighted by atomic mass is 9.99. The fourth-order valence-electron chi connectivity index (χ4n) is 2.55. The molecule has 2 amide bonds. The molecule has 2 rings (SSSR count). The molecule has 0 saturated carbocycles. The van der Waals surface area contributed by atoms with Gasteiger partial charge in [0.2, 0.25) is 11.8 Å². The molecule has 0 radical (unpaired) electrons. The molecular formula is C21H28ClN3O2. The van der Waals surface area contributed by atoms with Crippen molar-refractivity contribution >= 4 is 24.2 Å². The van der Waals surface area contributed by atoms with Gasteiger partial charge in [0.05, 0.1) is 13.0 Å². The summed E-state index contributed by atoms with van der Waals surface area (Å²) < 4.78 is 0. The highest BCUT2D eigenvalue weighted by molar-refractivity contribution is 5.86. The Morgan fingerprint density at radius 2 is 1.48 bits per heavy atom. The van der Waals surface area contributed by atoms with E-state index in [4.69, 9.17) is 5.73 Å². The van der Waals surface area contributed by atoms with Crippen molar-refractivity contribution in [3.05, 3.63) is 71.3 Å². The van der Waals surface area contributed by atoms with Gasteiger partial charge in [-0.15, -0.1) is 12.4 Å². The van der Waals surface area contributed by atoms with E-state index in [1.165, 1.54) is 5.56 Å². The van der Waals surface area contributed by atoms with Gasteiger partial charge in [0.1, 0.15) is 0 Å². The average Bonchev–Trinajstić information content (AvgIpc) is 2.65. The van der Waals surface area contributed by atoms with Crippen LogP contribution in [0.4, 0.5) is 0 Å². The van der Waals surface area contributed by atoms with Gasteiger partial charge in [0.15, 0.2) is 0 Å². The van der Waals surface area contributed by atoms with E-state index in [0.717, 1.165) is 11.1 Å². The summed E-state index contributed by atoms with van der Waals surface area (Å²) in [7, 11) is 0. The Morgan fingerprint density at radius 3 is 2.07 bits per heavy atom. The smallest absolute Gasteiger partial charge is 0.239 e. The van der Waals surface area contributed by atoms with Crippen LogP contribution in [0.15, 0.2) is 54.6 Å². The zero-order valence-corrected chi connectivity index (χ0v) is 16.6. The van der Waals surface area contributed by atoms with Crippen LogP contribution >= 0.6 is 12.4 Å². The Bertz CT molecular complexity index is 718. The molecule has 1 unspecified atom stereocenters. The third-order valence-electron chi connectivity index (χ3n) is 4.20. The Balaban J connectivity index is 0.00000364. The molecule has 146 valence electrons. The van der Waals surface area contributed by atoms with Crippen LogP contribution in [0.1, 0.15) is 42.5 Å². The maximum absolute atomic E-state index is 11.9. The summed E-state index contributed by atoms with van der Waals surface area (Å²) in [6, 6.07) is 17.2. The molecule has 0 fully saturated rings. The summed E-state index contributed by atoms with van der Waals surface area (Å²) in [5.74, 6) is 0.0417. The zero-order chi connectivity index (χ0) is 18.9. The summed E-state index contributed by atoms with van der Waals surface area (Å²) >= 11 is 0. The van der Waals surface area contributed by atoms with Crippen LogP contribution in [0.25, 0.3) is 0 Å². The van der Waals surface area contributed by atoms with Gasteiger partial charge in [-0.3, -0.25) is 9.59 Å². The first-order valence-corrected chi connectivity index (χ1v) is 8.88. The summed E-state index contributed by atoms with van der Waals surface area (Å²) in [6.07, 6.45) is 0.260. The minimum absolute atomic E-state index is 0. The number of amides is 2. The number of nitrogens with one attached hydrogen (secondary N) is 2. The van der Waals surface area contributed by atoms with Crippen molar-refractivity contribution in [2.75, 3.05) is 13.1 Å². The molecule has 1 atom stereocenters. The van der Waals surface area contributed by atoms with E-state index in [2.05, 4.69) is 36.6 Å². The molecule has 2 aromatic rings. The van der Waals surface area contributed by atoms with E-state index in [-0.39, 0.29) is 43.2 Å². The maximum Gasteiger partial charge on any atom is 0.239 e. The predicted molar refractivity (Wildman–Crippen MR) is 111 cm³/mol. The second-order valence-electron chi connectivity index (χ2n) is 6.67. The van der Waals surface area contributed by atoms with Gasteiger partial charge < -0.3 is 16.4 Å². The molecular weight excluding hydrogens is 362 g/mol. The maximum atomic E-state index is 11.9. The first-order valence-electron chi connectivity index (χ1n) is 8.88. The normalized spacial score (nSPS) is 11.4. The number of nitrogens with two attached hydrogens (primary N) is 1. The number of rotatable bonds is 8. The third-order valence-corrected chi connectivity index (χ3v) is 4.20. The number of carbonyl (C=O) groups excluding carboxylic acids is 2. The number of hydrogen-bond donors (Lipinski definition) is 3. The third kappa shape index (κ3) is 7.81. The highest BCUT2D eigenvalue weighted by Gasteiger charge is 2.10. The van der Waals surface area contributed by atoms with E-state index in [0.29, 0.717) is 12.5 Å². The van der Waals surface area contributed by atoms with Crippen LogP contribution in [0, 0.1) is 0 Å². The average molecular weight is 390 g/mol. The first-order chi connectivity index (χ1) is 12.5. The van der Waals surface area contributed by atoms with Crippen molar-refractivity contribution in [1.29, 1.82) is 0 Å². The number of halogens is 1. The summed E-state index contributed by atoms with van der Waals surface area (Å²) in [4.78, 5) is 23.7. The number of hydrogen-bond acceptors (Lipinski definition) is 3. The van der Waals surface area contributed by atoms with Crippen LogP contribution in [0.2, 0.25) is 0 Å². The molecule has 0 aliphatic heterocycles. The second-order valence-corrected chi connectivity index (χ2v) is 6.67. The Morgan fingerprint density at radius 1 is 0.889 bits per heavy atom. The van der Waals surface area contributed by atoms with Gasteiger partial charge in [-0.2, -0.15) is 0 Å². The SMILES string of the molecule is CC(C)c1ccc(C(N)CNC(=O)CNC(=O)Cc2ccccc2)cc1.Cl. The summed E-state index contributed by atoms with van der Waals surface area (Å²) in [6.45, 7) is 4.56. The van der Waals surface area contributed by atoms with Crippen molar-refractivity contribution in [3.8, 4) is 0 Å². The molecule has 4 N–H and O–H groups in total. The number of carbonyl (C=O) groups is 2. The first kappa shape index (κ1) is 22.7. The lowest BCUT2D eigenvalue weighted by Crippen LogP contribution is -2.40. The molecule has 0 aliphatic carbocycles. The fourth-order valence-corrected chi connectivity index (χ4v) is 2.55. The van der Waals surface area contributed by atoms with Crippen molar-refractivity contribution in [2.24, 2.45) is 5.73 Å². The van der Waals surface area contributed by atoms with E-state index < -0.39 is 0 Å². The Labute approximate surface area is 167 Å². The molecule has 2 aromatic carbocycles. The standard InChI is InChI=1S/C21H27N3O2.ClH/c1-15(2)17-8-10-18(11-9-17)19(22)13-23-21(26)14-24-20(25)12-16-6-4-3-5-7-16;/h3-11,15,19H,12-14,22H2,1-2H3,(H,23,26)(H,24,25);1H. The topological polar surface area (TPSA) is 84.2 Å². The summed E-state index contributed by atoms with van der Waals surface area (Å²) in [5, 5.41) is 5.38. The minimum atomic E-state index is -0.278. The van der Waals surface area contributed by atoms with Crippen molar-refractivity contribution in [3.63, 3.8) is 0 Å². The largest absolute Gasteiger partial charge is 0.353 e. The van der Waals surface area contributed by atoms with Crippen LogP contribution < -0.4 is 16.4 Å². The minimum Gasteiger partial charge on any atom is -0.353 e. The lowest BCUT2D eigenvalue weighted by molar-refractivity contribution is -0.125. The number of benzene rings is 2. The van der Waals surface area contributed by atoms with Crippen LogP contribution in [-0.4, -0.2) is 24.9 Å². The van der Waals surface area contributed by atoms with Crippen LogP contribution in [-0.2, 0) is 16.0 Å². The van der Waals surface area contributed by atoms with Gasteiger partial charge in [0.25, 0.3) is 0 Å². The highest BCUT2D eigenvalue weighted by Crippen LogP contribution is 2.17. The second kappa shape index (κ2) is 11.4. The van der Waals surface area contributed by atoms with Gasteiger partial charge in [0, 0.05) is 12.6 Å². The molecule has 0 aromatic heterocycles. The van der Waals surface area contributed by atoms with Crippen molar-refractivity contribution in [2.45, 2.75) is 32.2 Å². The zero-order valence-electron chi connectivity index (χ0n) is 15.8. The molecule has 27 heavy (non-hydrogen) atoms. The van der Waals surface area contributed by atoms with Gasteiger partial charge in [-0.1, -0.05) is 68.4 Å². The molecule has 0 saturated heterocycles. The quantitative estimate of drug-likeness (QED) is 0.649. The predicted octanol–water partition coefficient (Wildman–Crippen LogP) is 2.71. The van der Waals surface area contributed by atoms with E-state index in [1.807, 2.05) is 42.5 Å². The van der Waals surface area contributed by atoms with Crippen LogP contribution in [0.3, 0.4) is 0 Å². The Kier molecular flexibility index (Phi) is 9.54. The van der Waals surface area contributed by atoms with E-state index >= 15 is 0 Å². The Hall–Kier alpha value is -2.37. The summed E-state index contributed by atoms with van der Waals surface area (Å²) in [5.41, 5.74) is 9.27. The molecule has 5 nitrogen and oxygen atoms in total. The molecule has 6 heteroatoms. The molecule has 0 heterocycles. The monoisotopic (exact) mass is 389 g/mol. The van der Waals surface area contributed by atoms with Crippen molar-refractivity contribution < 1.29 is 9.59 Å². The van der Waals surface area contributed by atoms with Crippen molar-refractivity contribution in [1.82, 2.24) is 10.6 Å². The molecule has 0 aliphatic rings. The van der Waals surface area contributed by atoms with Gasteiger partial charge in [-0.25, -0.2) is 0 Å². The van der Waals surface area contributed by atoms with Gasteiger partial charge in [-0.05, 0) is 22.6 Å².